The average molecular weight is 1410 g/mol. The van der Waals surface area contributed by atoms with E-state index in [-0.39, 0.29) is 32.2 Å². The van der Waals surface area contributed by atoms with Crippen LogP contribution in [-0.4, -0.2) is 82.3 Å². The molecule has 0 aliphatic heterocycles. The predicted molar refractivity (Wildman–Crippen MR) is 435 cm³/mol. The van der Waals surface area contributed by atoms with Crippen LogP contribution in [0.25, 0.3) is 0 Å². The van der Waals surface area contributed by atoms with Crippen LogP contribution in [0.3, 0.4) is 0 Å². The Morgan fingerprint density at radius 1 is 0.307 bits per heavy atom. The Morgan fingerprint density at radius 3 is 0.842 bits per heavy atom. The maximum Gasteiger partial charge on any atom is 0.306 e. The Kier molecular flexibility index (Phi) is 77.9. The van der Waals surface area contributed by atoms with Crippen molar-refractivity contribution >= 4 is 17.9 Å². The standard InChI is InChI=1S/C92H161NO8/c1-6-8-10-12-14-16-18-20-22-24-26-28-30-32-34-36-38-40-42-43-44-45-46-47-49-51-53-55-57-59-61-63-65-67-69-71-73-75-77-79-81-83-90(95)101-88(87-100-92(91(96)97)98-85-84-93(3,4)5)86-99-89(94)82-80-78-76-74-72-70-68-66-64-62-60-58-56-54-52-50-48-41-39-37-35-33-31-29-27-25-23-21-19-17-15-13-11-9-7-2/h8,10,14,16,20,22,26,28,32,34,38,40,43-44,46-47,51,53,57,59,88,92H,6-7,9,11-13,15,17-19,21,23-25,27,29-31,33,35-37,39,41-42,45,48-50,52,54-56,58,60-87H2,1-5H3/b10-8-,16-14-,22-20-,28-26-,34-32-,40-38-,44-43-,47-46-,53-51-,59-57-. The molecule has 582 valence electrons. The zero-order chi connectivity index (χ0) is 73.2. The number of nitrogens with zero attached hydrogens (tertiary/aromatic N) is 1. The Balaban J connectivity index is 4.03. The number of carbonyl (C=O) groups is 3. The van der Waals surface area contributed by atoms with Crippen molar-refractivity contribution in [2.45, 2.75) is 399 Å². The van der Waals surface area contributed by atoms with Gasteiger partial charge < -0.3 is 33.3 Å². The number of hydrogen-bond donors (Lipinski definition) is 0. The van der Waals surface area contributed by atoms with E-state index >= 15 is 0 Å². The van der Waals surface area contributed by atoms with Crippen molar-refractivity contribution in [1.29, 1.82) is 0 Å². The second-order valence-corrected chi connectivity index (χ2v) is 29.8. The summed E-state index contributed by atoms with van der Waals surface area (Å²) in [5, 5.41) is 11.9. The molecule has 9 heteroatoms. The van der Waals surface area contributed by atoms with Crippen molar-refractivity contribution in [3.63, 3.8) is 0 Å². The molecule has 0 fully saturated rings. The van der Waals surface area contributed by atoms with Crippen LogP contribution in [0.4, 0.5) is 0 Å². The van der Waals surface area contributed by atoms with Gasteiger partial charge in [-0.2, -0.15) is 0 Å². The Bertz CT molecular complexity index is 2090. The molecule has 0 aromatic heterocycles. The third kappa shape index (κ3) is 82.8. The lowest BCUT2D eigenvalue weighted by molar-refractivity contribution is -0.870. The first-order chi connectivity index (χ1) is 49.6. The molecule has 2 atom stereocenters. The molecule has 9 nitrogen and oxygen atoms in total. The molecule has 0 saturated carbocycles. The van der Waals surface area contributed by atoms with Gasteiger partial charge in [0.05, 0.1) is 40.3 Å². The predicted octanol–water partition coefficient (Wildman–Crippen LogP) is 26.5. The molecule has 2 unspecified atom stereocenters. The molecular weight excluding hydrogens is 1250 g/mol. The molecule has 0 bridgehead atoms. The number of aliphatic carboxylic acids is 1. The number of likely N-dealkylation sites (N-methyl/N-ethyl adjacent to an activating group) is 1. The highest BCUT2D eigenvalue weighted by atomic mass is 16.7. The number of carboxylic acid groups (broad SMARTS) is 1. The van der Waals surface area contributed by atoms with E-state index in [2.05, 4.69) is 135 Å². The van der Waals surface area contributed by atoms with Crippen molar-refractivity contribution in [2.24, 2.45) is 0 Å². The molecule has 0 aromatic carbocycles. The van der Waals surface area contributed by atoms with E-state index in [9.17, 15) is 19.5 Å². The molecule has 0 heterocycles. The van der Waals surface area contributed by atoms with Crippen molar-refractivity contribution in [2.75, 3.05) is 47.5 Å². The summed E-state index contributed by atoms with van der Waals surface area (Å²) >= 11 is 0. The average Bonchev–Trinajstić information content (AvgIpc) is 1.21. The van der Waals surface area contributed by atoms with Gasteiger partial charge in [-0.25, -0.2) is 0 Å². The summed E-state index contributed by atoms with van der Waals surface area (Å²) in [5.41, 5.74) is 0. The van der Waals surface area contributed by atoms with Crippen molar-refractivity contribution in [3.8, 4) is 0 Å². The fourth-order valence-corrected chi connectivity index (χ4v) is 12.3. The lowest BCUT2D eigenvalue weighted by Crippen LogP contribution is -2.44. The molecule has 101 heavy (non-hydrogen) atoms. The number of allylic oxidation sites excluding steroid dienone is 20. The second-order valence-electron chi connectivity index (χ2n) is 29.8. The maximum atomic E-state index is 13.0. The van der Waals surface area contributed by atoms with E-state index in [1.807, 2.05) is 21.1 Å². The van der Waals surface area contributed by atoms with Crippen LogP contribution in [0.15, 0.2) is 122 Å². The van der Waals surface area contributed by atoms with Crippen LogP contribution < -0.4 is 5.11 Å². The monoisotopic (exact) mass is 1410 g/mol. The van der Waals surface area contributed by atoms with E-state index in [1.54, 1.807) is 0 Å². The summed E-state index contributed by atoms with van der Waals surface area (Å²) in [7, 11) is 5.94. The highest BCUT2D eigenvalue weighted by Gasteiger charge is 2.22. The van der Waals surface area contributed by atoms with Gasteiger partial charge in [-0.15, -0.1) is 0 Å². The van der Waals surface area contributed by atoms with Crippen LogP contribution in [0, 0.1) is 0 Å². The Labute approximate surface area is 625 Å². The van der Waals surface area contributed by atoms with E-state index in [0.29, 0.717) is 23.9 Å². The number of unbranched alkanes of at least 4 members (excludes halogenated alkanes) is 44. The minimum absolute atomic E-state index is 0.144. The first-order valence-electron chi connectivity index (χ1n) is 42.7. The van der Waals surface area contributed by atoms with Gasteiger partial charge in [0.1, 0.15) is 13.2 Å². The number of hydrogen-bond acceptors (Lipinski definition) is 8. The minimum Gasteiger partial charge on any atom is -0.545 e. The molecule has 0 rings (SSSR count). The minimum atomic E-state index is -1.63. The largest absolute Gasteiger partial charge is 0.545 e. The Hall–Kier alpha value is -4.31. The van der Waals surface area contributed by atoms with Gasteiger partial charge in [0, 0.05) is 12.8 Å². The number of carbonyl (C=O) groups excluding carboxylic acids is 3. The van der Waals surface area contributed by atoms with E-state index in [4.69, 9.17) is 18.9 Å². The fourth-order valence-electron chi connectivity index (χ4n) is 12.3. The summed E-state index contributed by atoms with van der Waals surface area (Å²) in [6.07, 6.45) is 113. The SMILES string of the molecule is CC/C=C\C/C=C\C/C=C\C/C=C\C/C=C\C/C=C\C/C=C\C/C=C\C/C=C\C/C=C\CCCCCCCCCCCCC(=O)OC(COC(=O)CCCCCCCCCCCCCCCCCCCCCCCCCCCCCCCCCCCCC)COC(OCC[N+](C)(C)C)C(=O)[O-]. The van der Waals surface area contributed by atoms with Crippen LogP contribution in [0.2, 0.25) is 0 Å². The zero-order valence-corrected chi connectivity index (χ0v) is 66.8. The van der Waals surface area contributed by atoms with Gasteiger partial charge in [-0.05, 0) is 89.9 Å². The van der Waals surface area contributed by atoms with Gasteiger partial charge in [-0.3, -0.25) is 9.59 Å². The second kappa shape index (κ2) is 81.4. The maximum absolute atomic E-state index is 13.0. The Morgan fingerprint density at radius 2 is 0.564 bits per heavy atom. The van der Waals surface area contributed by atoms with E-state index in [1.165, 1.54) is 244 Å². The van der Waals surface area contributed by atoms with Gasteiger partial charge in [0.15, 0.2) is 12.4 Å². The zero-order valence-electron chi connectivity index (χ0n) is 66.8. The molecule has 0 N–H and O–H groups in total. The van der Waals surface area contributed by atoms with Gasteiger partial charge in [-0.1, -0.05) is 405 Å². The third-order valence-electron chi connectivity index (χ3n) is 18.7. The molecule has 0 aliphatic rings. The molecule has 0 amide bonds. The highest BCUT2D eigenvalue weighted by Crippen LogP contribution is 2.19. The molecule has 0 radical (unpaired) electrons. The first-order valence-corrected chi connectivity index (χ1v) is 42.7. The van der Waals surface area contributed by atoms with Crippen molar-refractivity contribution < 1.29 is 42.9 Å². The fraction of sp³-hybridized carbons (Fsp3) is 0.750. The van der Waals surface area contributed by atoms with Crippen LogP contribution >= 0.6 is 0 Å². The smallest absolute Gasteiger partial charge is 0.306 e. The van der Waals surface area contributed by atoms with Crippen LogP contribution in [-0.2, 0) is 33.3 Å². The number of carboxylic acids is 1. The molecule has 0 saturated heterocycles. The highest BCUT2D eigenvalue weighted by molar-refractivity contribution is 5.70. The van der Waals surface area contributed by atoms with E-state index < -0.39 is 24.3 Å². The molecule has 0 spiro atoms. The third-order valence-corrected chi connectivity index (χ3v) is 18.7. The summed E-state index contributed by atoms with van der Waals surface area (Å²) in [5.74, 6) is -2.27. The van der Waals surface area contributed by atoms with Crippen LogP contribution in [0.5, 0.6) is 0 Å². The lowest BCUT2D eigenvalue weighted by atomic mass is 10.0. The van der Waals surface area contributed by atoms with E-state index in [0.717, 1.165) is 109 Å². The van der Waals surface area contributed by atoms with Crippen molar-refractivity contribution in [1.82, 2.24) is 0 Å². The summed E-state index contributed by atoms with van der Waals surface area (Å²) < 4.78 is 22.9. The number of quaternary nitrogens is 1. The number of ether oxygens (including phenoxy) is 4. The lowest BCUT2D eigenvalue weighted by Gasteiger charge is -2.26. The summed E-state index contributed by atoms with van der Waals surface area (Å²) in [4.78, 5) is 37.7. The van der Waals surface area contributed by atoms with Gasteiger partial charge in [0.25, 0.3) is 0 Å². The van der Waals surface area contributed by atoms with Crippen LogP contribution in [0.1, 0.15) is 386 Å². The topological polar surface area (TPSA) is 111 Å². The van der Waals surface area contributed by atoms with Gasteiger partial charge >= 0.3 is 11.9 Å². The molecule has 0 aromatic rings. The molecular formula is C92H161NO8. The van der Waals surface area contributed by atoms with Crippen molar-refractivity contribution in [3.05, 3.63) is 122 Å². The van der Waals surface area contributed by atoms with Gasteiger partial charge in [0.2, 0.25) is 0 Å². The first kappa shape index (κ1) is 96.7. The number of rotatable bonds is 79. The summed E-state index contributed by atoms with van der Waals surface area (Å²) in [6, 6.07) is 0. The number of esters is 2. The molecule has 0 aliphatic carbocycles. The normalized spacial score (nSPS) is 13.2. The quantitative estimate of drug-likeness (QED) is 0.0195. The summed E-state index contributed by atoms with van der Waals surface area (Å²) in [6.45, 7) is 4.68.